The molecule has 1 spiro atoms. The lowest BCUT2D eigenvalue weighted by Crippen LogP contribution is -2.48. The van der Waals surface area contributed by atoms with Gasteiger partial charge in [0.25, 0.3) is 0 Å². The number of halogens is 3. The summed E-state index contributed by atoms with van der Waals surface area (Å²) in [5, 5.41) is 7.07. The number of likely N-dealkylation sites (tertiary alicyclic amines) is 1. The molecule has 0 atom stereocenters. The van der Waals surface area contributed by atoms with Crippen LogP contribution in [0.3, 0.4) is 0 Å². The summed E-state index contributed by atoms with van der Waals surface area (Å²) >= 11 is 0. The predicted molar refractivity (Wildman–Crippen MR) is 109 cm³/mol. The largest absolute Gasteiger partial charge is 0.573 e. The quantitative estimate of drug-likeness (QED) is 0.734. The number of anilines is 1. The van der Waals surface area contributed by atoms with E-state index in [1.807, 2.05) is 31.2 Å². The Morgan fingerprint density at radius 1 is 1.10 bits per heavy atom. The normalized spacial score (nSPS) is 17.8. The Morgan fingerprint density at radius 3 is 2.35 bits per heavy atom. The van der Waals surface area contributed by atoms with E-state index in [2.05, 4.69) is 15.2 Å². The zero-order valence-electron chi connectivity index (χ0n) is 16.9. The maximum Gasteiger partial charge on any atom is 0.573 e. The van der Waals surface area contributed by atoms with E-state index in [4.69, 9.17) is 4.84 Å². The van der Waals surface area contributed by atoms with Crippen LogP contribution < -0.4 is 10.1 Å². The summed E-state index contributed by atoms with van der Waals surface area (Å²) in [6.07, 6.45) is -2.94. The Kier molecular flexibility index (Phi) is 5.51. The third kappa shape index (κ3) is 5.10. The van der Waals surface area contributed by atoms with Crippen LogP contribution in [0.2, 0.25) is 0 Å². The Labute approximate surface area is 177 Å². The van der Waals surface area contributed by atoms with Gasteiger partial charge in [0.05, 0.1) is 5.71 Å². The van der Waals surface area contributed by atoms with E-state index in [1.54, 1.807) is 4.90 Å². The molecule has 1 N–H and O–H groups in total. The van der Waals surface area contributed by atoms with Gasteiger partial charge in [-0.25, -0.2) is 4.79 Å². The van der Waals surface area contributed by atoms with E-state index < -0.39 is 12.0 Å². The number of hydrogen-bond donors (Lipinski definition) is 1. The number of benzene rings is 2. The Balaban J connectivity index is 1.31. The fourth-order valence-corrected chi connectivity index (χ4v) is 3.75. The number of alkyl halides is 3. The van der Waals surface area contributed by atoms with E-state index in [0.717, 1.165) is 11.3 Å². The van der Waals surface area contributed by atoms with Crippen LogP contribution in [0.5, 0.6) is 5.75 Å². The Hall–Kier alpha value is -3.23. The number of carbonyl (C=O) groups excluding carboxylic acids is 1. The highest BCUT2D eigenvalue weighted by molar-refractivity contribution is 6.01. The number of urea groups is 1. The second-order valence-corrected chi connectivity index (χ2v) is 7.84. The summed E-state index contributed by atoms with van der Waals surface area (Å²) in [6, 6.07) is 13.0. The van der Waals surface area contributed by atoms with Gasteiger partial charge in [0.2, 0.25) is 0 Å². The first kappa shape index (κ1) is 21.0. The summed E-state index contributed by atoms with van der Waals surface area (Å²) < 4.78 is 40.8. The van der Waals surface area contributed by atoms with Crippen LogP contribution in [0.25, 0.3) is 0 Å². The Bertz CT molecular complexity index is 964. The van der Waals surface area contributed by atoms with Crippen molar-refractivity contribution in [1.29, 1.82) is 0 Å². The number of aryl methyl sites for hydroxylation is 1. The monoisotopic (exact) mass is 433 g/mol. The molecular weight excluding hydrogens is 411 g/mol. The standard InChI is InChI=1S/C22H22F3N3O3/c1-15-2-6-17(7-3-15)26-20(29)28-12-10-21(11-13-28)14-19(27-31-21)16-4-8-18(9-5-16)30-22(23,24)25/h2-9H,10-14H2,1H3,(H,26,29). The van der Waals surface area contributed by atoms with Gasteiger partial charge in [0, 0.05) is 38.0 Å². The fourth-order valence-electron chi connectivity index (χ4n) is 3.75. The molecule has 2 aliphatic rings. The van der Waals surface area contributed by atoms with Crippen molar-refractivity contribution in [1.82, 2.24) is 4.90 Å². The smallest absolute Gasteiger partial charge is 0.406 e. The molecule has 164 valence electrons. The molecule has 0 radical (unpaired) electrons. The van der Waals surface area contributed by atoms with Crippen LogP contribution in [-0.2, 0) is 4.84 Å². The molecule has 0 aliphatic carbocycles. The van der Waals surface area contributed by atoms with Gasteiger partial charge < -0.3 is 19.8 Å². The highest BCUT2D eigenvalue weighted by atomic mass is 19.4. The number of amides is 2. The first-order valence-corrected chi connectivity index (χ1v) is 9.95. The number of rotatable bonds is 3. The number of ether oxygens (including phenoxy) is 1. The molecule has 2 heterocycles. The second-order valence-electron chi connectivity index (χ2n) is 7.84. The van der Waals surface area contributed by atoms with Crippen LogP contribution in [0.1, 0.15) is 30.4 Å². The lowest BCUT2D eigenvalue weighted by Gasteiger charge is -2.37. The molecule has 0 aromatic heterocycles. The van der Waals surface area contributed by atoms with Crippen molar-refractivity contribution in [3.63, 3.8) is 0 Å². The average molecular weight is 433 g/mol. The lowest BCUT2D eigenvalue weighted by molar-refractivity contribution is -0.274. The van der Waals surface area contributed by atoms with Crippen LogP contribution in [0.15, 0.2) is 53.7 Å². The molecule has 2 aromatic rings. The minimum Gasteiger partial charge on any atom is -0.406 e. The van der Waals surface area contributed by atoms with E-state index in [1.165, 1.54) is 24.3 Å². The molecule has 1 fully saturated rings. The lowest BCUT2D eigenvalue weighted by atomic mass is 9.85. The maximum absolute atomic E-state index is 12.5. The van der Waals surface area contributed by atoms with Crippen molar-refractivity contribution in [2.45, 2.75) is 38.1 Å². The number of carbonyl (C=O) groups is 1. The van der Waals surface area contributed by atoms with E-state index in [9.17, 15) is 18.0 Å². The minimum absolute atomic E-state index is 0.155. The molecule has 6 nitrogen and oxygen atoms in total. The summed E-state index contributed by atoms with van der Waals surface area (Å²) in [6.45, 7) is 3.04. The summed E-state index contributed by atoms with van der Waals surface area (Å²) in [4.78, 5) is 20.0. The van der Waals surface area contributed by atoms with Gasteiger partial charge in [-0.15, -0.1) is 13.2 Å². The van der Waals surface area contributed by atoms with E-state index in [0.29, 0.717) is 43.6 Å². The van der Waals surface area contributed by atoms with Crippen LogP contribution in [0.4, 0.5) is 23.7 Å². The second kappa shape index (κ2) is 8.13. The first-order chi connectivity index (χ1) is 14.7. The summed E-state index contributed by atoms with van der Waals surface area (Å²) in [7, 11) is 0. The summed E-state index contributed by atoms with van der Waals surface area (Å²) in [5.74, 6) is -0.279. The number of hydrogen-bond acceptors (Lipinski definition) is 4. The van der Waals surface area contributed by atoms with Crippen LogP contribution >= 0.6 is 0 Å². The molecule has 9 heteroatoms. The molecule has 1 saturated heterocycles. The molecule has 0 unspecified atom stereocenters. The molecular formula is C22H22F3N3O3. The van der Waals surface area contributed by atoms with Gasteiger partial charge in [-0.05, 0) is 48.9 Å². The number of oxime groups is 1. The molecule has 31 heavy (non-hydrogen) atoms. The van der Waals surface area contributed by atoms with Gasteiger partial charge in [-0.3, -0.25) is 0 Å². The van der Waals surface area contributed by atoms with Gasteiger partial charge in [0.15, 0.2) is 0 Å². The maximum atomic E-state index is 12.5. The predicted octanol–water partition coefficient (Wildman–Crippen LogP) is 5.08. The fraction of sp³-hybridized carbons (Fsp3) is 0.364. The Morgan fingerprint density at radius 2 is 1.74 bits per heavy atom. The molecule has 2 aromatic carbocycles. The average Bonchev–Trinajstić information content (AvgIpc) is 3.13. The molecule has 0 bridgehead atoms. The molecule has 2 aliphatic heterocycles. The van der Waals surface area contributed by atoms with Crippen molar-refractivity contribution < 1.29 is 27.5 Å². The van der Waals surface area contributed by atoms with Crippen molar-refractivity contribution in [2.24, 2.45) is 5.16 Å². The van der Waals surface area contributed by atoms with Gasteiger partial charge in [-0.1, -0.05) is 22.9 Å². The van der Waals surface area contributed by atoms with Gasteiger partial charge >= 0.3 is 12.4 Å². The zero-order chi connectivity index (χ0) is 22.1. The highest BCUT2D eigenvalue weighted by Gasteiger charge is 2.43. The molecule has 4 rings (SSSR count). The van der Waals surface area contributed by atoms with E-state index >= 15 is 0 Å². The highest BCUT2D eigenvalue weighted by Crippen LogP contribution is 2.36. The molecule has 2 amide bonds. The summed E-state index contributed by atoms with van der Waals surface area (Å²) in [5.41, 5.74) is 2.74. The zero-order valence-corrected chi connectivity index (χ0v) is 16.9. The van der Waals surface area contributed by atoms with Crippen LogP contribution in [-0.4, -0.2) is 41.7 Å². The van der Waals surface area contributed by atoms with E-state index in [-0.39, 0.29) is 11.8 Å². The first-order valence-electron chi connectivity index (χ1n) is 9.95. The van der Waals surface area contributed by atoms with Crippen molar-refractivity contribution in [3.8, 4) is 5.75 Å². The molecule has 0 saturated carbocycles. The number of piperidine rings is 1. The SMILES string of the molecule is Cc1ccc(NC(=O)N2CCC3(CC2)CC(c2ccc(OC(F)(F)F)cc2)=NO3)cc1. The van der Waals surface area contributed by atoms with Crippen molar-refractivity contribution in [2.75, 3.05) is 18.4 Å². The third-order valence-electron chi connectivity index (χ3n) is 5.52. The van der Waals surface area contributed by atoms with Gasteiger partial charge in [0.1, 0.15) is 11.4 Å². The minimum atomic E-state index is -4.72. The number of nitrogens with zero attached hydrogens (tertiary/aromatic N) is 2. The third-order valence-corrected chi connectivity index (χ3v) is 5.52. The van der Waals surface area contributed by atoms with Gasteiger partial charge in [-0.2, -0.15) is 0 Å². The topological polar surface area (TPSA) is 63.2 Å². The van der Waals surface area contributed by atoms with Crippen molar-refractivity contribution >= 4 is 17.4 Å². The number of nitrogens with one attached hydrogen (secondary N) is 1. The van der Waals surface area contributed by atoms with Crippen molar-refractivity contribution in [3.05, 3.63) is 59.7 Å². The van der Waals surface area contributed by atoms with Crippen LogP contribution in [0, 0.1) is 6.92 Å².